The molecule has 0 spiro atoms. The van der Waals surface area contributed by atoms with E-state index >= 15 is 0 Å². The van der Waals surface area contributed by atoms with E-state index in [1.54, 1.807) is 23.1 Å². The van der Waals surface area contributed by atoms with Crippen molar-refractivity contribution in [1.82, 2.24) is 5.32 Å². The molecule has 1 heterocycles. The van der Waals surface area contributed by atoms with E-state index in [-0.39, 0.29) is 0 Å². The average molecular weight is 314 g/mol. The highest BCUT2D eigenvalue weighted by Gasteiger charge is 2.04. The highest BCUT2D eigenvalue weighted by Crippen LogP contribution is 2.36. The highest BCUT2D eigenvalue weighted by atomic mass is 79.9. The lowest BCUT2D eigenvalue weighted by molar-refractivity contribution is 0.816. The molecule has 2 aromatic rings. The lowest BCUT2D eigenvalue weighted by Gasteiger charge is -2.05. The Bertz CT molecular complexity index is 454. The zero-order valence-corrected chi connectivity index (χ0v) is 12.1. The van der Waals surface area contributed by atoms with Crippen LogP contribution in [0.25, 0.3) is 0 Å². The Morgan fingerprint density at radius 2 is 2.25 bits per heavy atom. The smallest absolute Gasteiger partial charge is 0.0646 e. The van der Waals surface area contributed by atoms with E-state index in [1.807, 2.05) is 7.05 Å². The third-order valence-corrected chi connectivity index (χ3v) is 5.11. The van der Waals surface area contributed by atoms with Gasteiger partial charge < -0.3 is 5.32 Å². The van der Waals surface area contributed by atoms with Crippen LogP contribution in [0.2, 0.25) is 0 Å². The normalized spacial score (nSPS) is 10.6. The van der Waals surface area contributed by atoms with Gasteiger partial charge in [-0.05, 0) is 52.1 Å². The molecule has 0 amide bonds. The number of halogens is 1. The average Bonchev–Trinajstić information content (AvgIpc) is 2.75. The predicted molar refractivity (Wildman–Crippen MR) is 75.3 cm³/mol. The minimum atomic E-state index is 0.905. The van der Waals surface area contributed by atoms with Crippen LogP contribution in [0.3, 0.4) is 0 Å². The van der Waals surface area contributed by atoms with Gasteiger partial charge in [0.05, 0.1) is 4.21 Å². The van der Waals surface area contributed by atoms with Crippen LogP contribution < -0.4 is 5.32 Å². The fraction of sp³-hybridized carbons (Fsp3) is 0.167. The van der Waals surface area contributed by atoms with E-state index < -0.39 is 0 Å². The molecule has 4 heteroatoms. The van der Waals surface area contributed by atoms with E-state index in [0.29, 0.717) is 0 Å². The topological polar surface area (TPSA) is 12.0 Å². The zero-order chi connectivity index (χ0) is 11.4. The fourth-order valence-electron chi connectivity index (χ4n) is 1.37. The first-order valence-electron chi connectivity index (χ1n) is 4.94. The number of nitrogens with one attached hydrogen (secondary N) is 1. The summed E-state index contributed by atoms with van der Waals surface area (Å²) in [6.45, 7) is 0.905. The second kappa shape index (κ2) is 5.87. The Balaban J connectivity index is 2.16. The first kappa shape index (κ1) is 12.2. The van der Waals surface area contributed by atoms with E-state index in [4.69, 9.17) is 0 Å². The molecule has 0 saturated carbocycles. The van der Waals surface area contributed by atoms with Crippen molar-refractivity contribution in [1.29, 1.82) is 0 Å². The number of hydrogen-bond donors (Lipinski definition) is 1. The Morgan fingerprint density at radius 3 is 2.88 bits per heavy atom. The van der Waals surface area contributed by atoms with Gasteiger partial charge in [-0.2, -0.15) is 0 Å². The zero-order valence-electron chi connectivity index (χ0n) is 8.87. The summed E-state index contributed by atoms with van der Waals surface area (Å²) in [6, 6.07) is 10.7. The molecule has 0 radical (unpaired) electrons. The molecule has 0 atom stereocenters. The third-order valence-electron chi connectivity index (χ3n) is 2.08. The minimum Gasteiger partial charge on any atom is -0.316 e. The second-order valence-electron chi connectivity index (χ2n) is 3.33. The summed E-state index contributed by atoms with van der Waals surface area (Å²) in [4.78, 5) is 1.27. The summed E-state index contributed by atoms with van der Waals surface area (Å²) in [5.41, 5.74) is 1.30. The van der Waals surface area contributed by atoms with Crippen molar-refractivity contribution in [3.05, 3.63) is 45.7 Å². The Labute approximate surface area is 112 Å². The predicted octanol–water partition coefficient (Wildman–Crippen LogP) is 4.38. The monoisotopic (exact) mass is 313 g/mol. The highest BCUT2D eigenvalue weighted by molar-refractivity contribution is 9.10. The molecule has 84 valence electrons. The molecule has 16 heavy (non-hydrogen) atoms. The van der Waals surface area contributed by atoms with Crippen LogP contribution in [0.4, 0.5) is 0 Å². The molecule has 1 N–H and O–H groups in total. The van der Waals surface area contributed by atoms with Gasteiger partial charge in [0.25, 0.3) is 0 Å². The summed E-state index contributed by atoms with van der Waals surface area (Å²) in [6.07, 6.45) is 0. The molecule has 1 nitrogen and oxygen atoms in total. The first-order chi connectivity index (χ1) is 7.79. The summed E-state index contributed by atoms with van der Waals surface area (Å²) >= 11 is 7.19. The molecular formula is C12H12BrNS2. The van der Waals surface area contributed by atoms with Gasteiger partial charge in [-0.3, -0.25) is 0 Å². The molecule has 0 aliphatic carbocycles. The van der Waals surface area contributed by atoms with Gasteiger partial charge in [0.1, 0.15) is 0 Å². The first-order valence-corrected chi connectivity index (χ1v) is 7.43. The lowest BCUT2D eigenvalue weighted by atomic mass is 10.2. The van der Waals surface area contributed by atoms with Crippen molar-refractivity contribution in [2.24, 2.45) is 0 Å². The maximum absolute atomic E-state index is 3.62. The van der Waals surface area contributed by atoms with E-state index in [9.17, 15) is 0 Å². The molecule has 0 aliphatic rings. The van der Waals surface area contributed by atoms with Crippen molar-refractivity contribution in [3.8, 4) is 0 Å². The molecule has 0 saturated heterocycles. The van der Waals surface area contributed by atoms with Gasteiger partial charge in [-0.15, -0.1) is 11.3 Å². The third kappa shape index (κ3) is 3.10. The van der Waals surface area contributed by atoms with Crippen molar-refractivity contribution < 1.29 is 0 Å². The van der Waals surface area contributed by atoms with Gasteiger partial charge in [-0.25, -0.2) is 0 Å². The van der Waals surface area contributed by atoms with Gasteiger partial charge >= 0.3 is 0 Å². The van der Waals surface area contributed by atoms with Crippen LogP contribution in [0.15, 0.2) is 49.3 Å². The quantitative estimate of drug-likeness (QED) is 0.899. The van der Waals surface area contributed by atoms with E-state index in [1.165, 1.54) is 19.1 Å². The second-order valence-corrected chi connectivity index (χ2v) is 6.47. The molecular weight excluding hydrogens is 302 g/mol. The van der Waals surface area contributed by atoms with Crippen molar-refractivity contribution in [2.45, 2.75) is 15.6 Å². The van der Waals surface area contributed by atoms with E-state index in [2.05, 4.69) is 57.0 Å². The standard InChI is InChI=1S/C12H12BrNS2/c1-14-8-9-4-5-11(10(13)7-9)16-12-3-2-6-15-12/h2-7,14H,8H2,1H3. The fourth-order valence-corrected chi connectivity index (χ4v) is 3.77. The molecule has 2 rings (SSSR count). The van der Waals surface area contributed by atoms with Gasteiger partial charge in [0, 0.05) is 15.9 Å². The molecule has 0 unspecified atom stereocenters. The summed E-state index contributed by atoms with van der Waals surface area (Å²) in [5.74, 6) is 0. The number of thiophene rings is 1. The van der Waals surface area contributed by atoms with Crippen LogP contribution in [-0.2, 0) is 6.54 Å². The van der Waals surface area contributed by atoms with E-state index in [0.717, 1.165) is 6.54 Å². The van der Waals surface area contributed by atoms with Crippen LogP contribution in [-0.4, -0.2) is 7.05 Å². The Hall–Kier alpha value is -0.290. The van der Waals surface area contributed by atoms with Crippen LogP contribution in [0.1, 0.15) is 5.56 Å². The van der Waals surface area contributed by atoms with Crippen LogP contribution in [0.5, 0.6) is 0 Å². The van der Waals surface area contributed by atoms with Crippen LogP contribution >= 0.6 is 39.0 Å². The molecule has 1 aromatic heterocycles. The van der Waals surface area contributed by atoms with Crippen LogP contribution in [0, 0.1) is 0 Å². The van der Waals surface area contributed by atoms with Crippen molar-refractivity contribution in [2.75, 3.05) is 7.05 Å². The summed E-state index contributed by atoms with van der Waals surface area (Å²) in [5, 5.41) is 5.25. The summed E-state index contributed by atoms with van der Waals surface area (Å²) in [7, 11) is 1.96. The molecule has 0 fully saturated rings. The number of hydrogen-bond acceptors (Lipinski definition) is 3. The Morgan fingerprint density at radius 1 is 1.38 bits per heavy atom. The SMILES string of the molecule is CNCc1ccc(Sc2cccs2)c(Br)c1. The summed E-state index contributed by atoms with van der Waals surface area (Å²) < 4.78 is 2.49. The van der Waals surface area contributed by atoms with Gasteiger partial charge in [-0.1, -0.05) is 23.9 Å². The Kier molecular flexibility index (Phi) is 4.46. The van der Waals surface area contributed by atoms with Crippen molar-refractivity contribution in [3.63, 3.8) is 0 Å². The van der Waals surface area contributed by atoms with Gasteiger partial charge in [0.15, 0.2) is 0 Å². The minimum absolute atomic E-state index is 0.905. The molecule has 0 bridgehead atoms. The number of rotatable bonds is 4. The maximum Gasteiger partial charge on any atom is 0.0646 e. The maximum atomic E-state index is 3.62. The van der Waals surface area contributed by atoms with Gasteiger partial charge in [0.2, 0.25) is 0 Å². The molecule has 1 aromatic carbocycles. The lowest BCUT2D eigenvalue weighted by Crippen LogP contribution is -2.04. The molecule has 0 aliphatic heterocycles. The van der Waals surface area contributed by atoms with Crippen molar-refractivity contribution >= 4 is 39.0 Å². The largest absolute Gasteiger partial charge is 0.316 e. The number of benzene rings is 1.